The van der Waals surface area contributed by atoms with Crippen LogP contribution >= 0.6 is 0 Å². The molecule has 0 N–H and O–H groups in total. The number of benzene rings is 2. The van der Waals surface area contributed by atoms with Gasteiger partial charge in [-0.05, 0) is 82.6 Å². The Morgan fingerprint density at radius 2 is 1.76 bits per heavy atom. The molecule has 0 atom stereocenters. The molecule has 1 fully saturated rings. The Morgan fingerprint density at radius 1 is 1.04 bits per heavy atom. The van der Waals surface area contributed by atoms with E-state index >= 15 is 4.39 Å². The van der Waals surface area contributed by atoms with Gasteiger partial charge in [0, 0.05) is 41.5 Å². The molecular weight excluding hydrogens is 587 g/mol. The smallest absolute Gasteiger partial charge is 0.342 e. The molecule has 3 heterocycles. The molecule has 1 aromatic heterocycles. The van der Waals surface area contributed by atoms with Gasteiger partial charge in [0.15, 0.2) is 11.6 Å². The molecule has 3 aromatic rings. The number of hydrogen-bond acceptors (Lipinski definition) is 7. The van der Waals surface area contributed by atoms with Crippen LogP contribution in [0.25, 0.3) is 5.57 Å². The number of ether oxygens (including phenoxy) is 3. The first-order chi connectivity index (χ1) is 22.0. The molecule has 1 amide bonds. The number of aromatic nitrogens is 2. The molecule has 246 valence electrons. The Hall–Kier alpha value is -4.18. The highest BCUT2D eigenvalue weighted by Crippen LogP contribution is 2.38. The third-order valence-corrected chi connectivity index (χ3v) is 8.60. The lowest BCUT2D eigenvalue weighted by molar-refractivity contribution is -0.140. The molecule has 5 rings (SSSR count). The number of halogens is 1. The average Bonchev–Trinajstić information content (AvgIpc) is 3.29. The predicted molar refractivity (Wildman–Crippen MR) is 175 cm³/mol. The molecular formula is C36H45FN4O5. The summed E-state index contributed by atoms with van der Waals surface area (Å²) in [5.74, 6) is -0.738. The summed E-state index contributed by atoms with van der Waals surface area (Å²) in [4.78, 5) is 31.2. The first-order valence-corrected chi connectivity index (χ1v) is 16.1. The lowest BCUT2D eigenvalue weighted by atomic mass is 9.82. The van der Waals surface area contributed by atoms with Crippen LogP contribution in [0, 0.1) is 12.7 Å². The summed E-state index contributed by atoms with van der Waals surface area (Å²) >= 11 is 0. The van der Waals surface area contributed by atoms with Gasteiger partial charge in [0.25, 0.3) is 5.91 Å². The molecule has 0 aliphatic carbocycles. The summed E-state index contributed by atoms with van der Waals surface area (Å²) in [6.45, 7) is 13.5. The van der Waals surface area contributed by atoms with E-state index in [1.165, 1.54) is 42.5 Å². The second-order valence-corrected chi connectivity index (χ2v) is 13.0. The maximum absolute atomic E-state index is 15.2. The van der Waals surface area contributed by atoms with E-state index < -0.39 is 23.1 Å². The normalized spacial score (nSPS) is 16.4. The van der Waals surface area contributed by atoms with E-state index in [9.17, 15) is 9.59 Å². The van der Waals surface area contributed by atoms with Gasteiger partial charge in [-0.1, -0.05) is 32.4 Å². The van der Waals surface area contributed by atoms with Crippen molar-refractivity contribution >= 4 is 17.4 Å². The van der Waals surface area contributed by atoms with E-state index in [1.54, 1.807) is 27.0 Å². The SMILES string of the molecule is COc1ccc(Cn2nc3c(c2C)C(C)(C)CN(C(=O)c2ccc(OCCN4CCCCC4)c(F)c2)C=C3C(=O)OC(C)C)cc1. The third kappa shape index (κ3) is 7.44. The van der Waals surface area contributed by atoms with Gasteiger partial charge in [-0.25, -0.2) is 9.18 Å². The zero-order chi connectivity index (χ0) is 33.0. The molecule has 0 bridgehead atoms. The molecule has 0 radical (unpaired) electrons. The molecule has 0 saturated carbocycles. The van der Waals surface area contributed by atoms with Crippen molar-refractivity contribution in [2.24, 2.45) is 0 Å². The Labute approximate surface area is 270 Å². The molecule has 2 aliphatic rings. The summed E-state index contributed by atoms with van der Waals surface area (Å²) in [7, 11) is 1.63. The topological polar surface area (TPSA) is 86.1 Å². The number of carbonyl (C=O) groups is 2. The monoisotopic (exact) mass is 632 g/mol. The molecule has 1 saturated heterocycles. The highest BCUT2D eigenvalue weighted by atomic mass is 19.1. The van der Waals surface area contributed by atoms with Crippen molar-refractivity contribution < 1.29 is 28.2 Å². The van der Waals surface area contributed by atoms with Gasteiger partial charge in [0.1, 0.15) is 23.6 Å². The number of hydrogen-bond donors (Lipinski definition) is 0. The van der Waals surface area contributed by atoms with Gasteiger partial charge >= 0.3 is 5.97 Å². The molecule has 0 unspecified atom stereocenters. The minimum absolute atomic E-state index is 0.114. The summed E-state index contributed by atoms with van der Waals surface area (Å²) in [6, 6.07) is 12.0. The average molecular weight is 633 g/mol. The quantitative estimate of drug-likeness (QED) is 0.254. The summed E-state index contributed by atoms with van der Waals surface area (Å²) in [5.41, 5.74) is 2.95. The van der Waals surface area contributed by atoms with Gasteiger partial charge in [-0.15, -0.1) is 0 Å². The third-order valence-electron chi connectivity index (χ3n) is 8.60. The van der Waals surface area contributed by atoms with Crippen LogP contribution in [0.15, 0.2) is 48.7 Å². The van der Waals surface area contributed by atoms with Gasteiger partial charge in [-0.3, -0.25) is 14.4 Å². The fraction of sp³-hybridized carbons (Fsp3) is 0.472. The van der Waals surface area contributed by atoms with Crippen LogP contribution in [0.3, 0.4) is 0 Å². The molecule has 2 aliphatic heterocycles. The fourth-order valence-corrected chi connectivity index (χ4v) is 6.31. The molecule has 2 aromatic carbocycles. The second-order valence-electron chi connectivity index (χ2n) is 13.0. The highest BCUT2D eigenvalue weighted by molar-refractivity contribution is 6.17. The Bertz CT molecular complexity index is 1590. The van der Waals surface area contributed by atoms with Gasteiger partial charge in [0.2, 0.25) is 0 Å². The number of esters is 1. The molecule has 46 heavy (non-hydrogen) atoms. The largest absolute Gasteiger partial charge is 0.497 e. The zero-order valence-corrected chi connectivity index (χ0v) is 27.8. The molecule has 10 heteroatoms. The number of piperidine rings is 1. The van der Waals surface area contributed by atoms with Crippen LogP contribution in [-0.2, 0) is 21.5 Å². The number of likely N-dealkylation sites (tertiary alicyclic amines) is 1. The van der Waals surface area contributed by atoms with E-state index in [0.717, 1.165) is 42.2 Å². The van der Waals surface area contributed by atoms with Crippen molar-refractivity contribution in [3.63, 3.8) is 0 Å². The van der Waals surface area contributed by atoms with E-state index in [4.69, 9.17) is 19.3 Å². The van der Waals surface area contributed by atoms with Gasteiger partial charge in [-0.2, -0.15) is 5.10 Å². The van der Waals surface area contributed by atoms with E-state index in [-0.39, 0.29) is 29.5 Å². The van der Waals surface area contributed by atoms with Crippen LogP contribution < -0.4 is 9.47 Å². The van der Waals surface area contributed by atoms with E-state index in [2.05, 4.69) is 4.90 Å². The van der Waals surface area contributed by atoms with Crippen LogP contribution in [0.1, 0.15) is 79.8 Å². The predicted octanol–water partition coefficient (Wildman–Crippen LogP) is 5.98. The lowest BCUT2D eigenvalue weighted by Crippen LogP contribution is -2.37. The summed E-state index contributed by atoms with van der Waals surface area (Å²) in [6.07, 6.45) is 4.73. The number of methoxy groups -OCH3 is 1. The van der Waals surface area contributed by atoms with Crippen LogP contribution in [0.5, 0.6) is 11.5 Å². The maximum atomic E-state index is 15.2. The first-order valence-electron chi connectivity index (χ1n) is 16.1. The Balaban J connectivity index is 1.42. The summed E-state index contributed by atoms with van der Waals surface area (Å²) < 4.78 is 33.7. The lowest BCUT2D eigenvalue weighted by Gasteiger charge is -2.30. The van der Waals surface area contributed by atoms with Crippen molar-refractivity contribution in [2.75, 3.05) is 39.9 Å². The number of fused-ring (bicyclic) bond motifs is 1. The van der Waals surface area contributed by atoms with Crippen LogP contribution in [0.2, 0.25) is 0 Å². The van der Waals surface area contributed by atoms with Crippen molar-refractivity contribution in [3.05, 3.63) is 82.6 Å². The highest BCUT2D eigenvalue weighted by Gasteiger charge is 2.39. The van der Waals surface area contributed by atoms with Gasteiger partial charge in [0.05, 0.1) is 19.8 Å². The van der Waals surface area contributed by atoms with Crippen LogP contribution in [-0.4, -0.2) is 77.5 Å². The van der Waals surface area contributed by atoms with Crippen molar-refractivity contribution in [1.29, 1.82) is 0 Å². The minimum atomic E-state index is -0.611. The maximum Gasteiger partial charge on any atom is 0.342 e. The van der Waals surface area contributed by atoms with Crippen molar-refractivity contribution in [2.45, 2.75) is 71.9 Å². The standard InChI is InChI=1S/C36H45FN4O5/c1-24(2)46-35(43)29-22-40(34(42)27-12-15-31(30(37)20-27)45-19-18-39-16-8-7-9-17-39)23-36(4,5)32-25(3)41(38-33(29)32)21-26-10-13-28(44-6)14-11-26/h10-15,20,22,24H,7-9,16-19,21,23H2,1-6H3. The molecule has 0 spiro atoms. The van der Waals surface area contributed by atoms with Crippen molar-refractivity contribution in [1.82, 2.24) is 19.6 Å². The fourth-order valence-electron chi connectivity index (χ4n) is 6.31. The minimum Gasteiger partial charge on any atom is -0.497 e. The number of amides is 1. The second kappa shape index (κ2) is 14.1. The number of rotatable bonds is 10. The Morgan fingerprint density at radius 3 is 2.41 bits per heavy atom. The Kier molecular flexibility index (Phi) is 10.2. The van der Waals surface area contributed by atoms with Gasteiger partial charge < -0.3 is 19.1 Å². The summed E-state index contributed by atoms with van der Waals surface area (Å²) in [5, 5.41) is 4.91. The number of carbonyl (C=O) groups excluding carboxylic acids is 2. The molecule has 9 nitrogen and oxygen atoms in total. The van der Waals surface area contributed by atoms with E-state index in [0.29, 0.717) is 18.8 Å². The number of nitrogens with zero attached hydrogens (tertiary/aromatic N) is 4. The first kappa shape index (κ1) is 33.2. The van der Waals surface area contributed by atoms with Crippen molar-refractivity contribution in [3.8, 4) is 11.5 Å². The van der Waals surface area contributed by atoms with E-state index in [1.807, 2.05) is 49.7 Å². The van der Waals surface area contributed by atoms with Crippen LogP contribution in [0.4, 0.5) is 4.39 Å². The zero-order valence-electron chi connectivity index (χ0n) is 27.8.